The largest absolute Gasteiger partial charge is 0.493 e. The number of hydrogen-bond donors (Lipinski definition) is 4. The number of ketones is 1. The van der Waals surface area contributed by atoms with Crippen molar-refractivity contribution < 1.29 is 47.8 Å². The van der Waals surface area contributed by atoms with Gasteiger partial charge < -0.3 is 40.4 Å². The normalized spacial score (nSPS) is 21.6. The molecule has 15 heteroatoms. The van der Waals surface area contributed by atoms with Crippen molar-refractivity contribution in [3.05, 3.63) is 65.7 Å². The molecule has 0 spiro atoms. The first-order valence-corrected chi connectivity index (χ1v) is 20.8. The molecule has 1 unspecified atom stereocenters. The predicted octanol–water partition coefficient (Wildman–Crippen LogP) is 3.23. The molecule has 5 atom stereocenters. The maximum Gasteiger partial charge on any atom is 0.333 e. The minimum Gasteiger partial charge on any atom is -0.493 e. The van der Waals surface area contributed by atoms with Gasteiger partial charge in [-0.3, -0.25) is 28.8 Å². The van der Waals surface area contributed by atoms with Crippen LogP contribution in [0.3, 0.4) is 0 Å². The summed E-state index contributed by atoms with van der Waals surface area (Å²) in [7, 11) is 0. The molecule has 320 valence electrons. The van der Waals surface area contributed by atoms with Crippen LogP contribution in [0.15, 0.2) is 54.6 Å². The average molecular weight is 818 g/mol. The Kier molecular flexibility index (Phi) is 16.0. The topological polar surface area (TPSA) is 199 Å². The van der Waals surface area contributed by atoms with E-state index in [1.807, 2.05) is 24.3 Å². The third-order valence-corrected chi connectivity index (χ3v) is 10.7. The molecule has 1 saturated carbocycles. The van der Waals surface area contributed by atoms with Gasteiger partial charge in [-0.1, -0.05) is 75.1 Å². The van der Waals surface area contributed by atoms with Crippen molar-refractivity contribution in [2.45, 2.75) is 128 Å². The van der Waals surface area contributed by atoms with E-state index in [2.05, 4.69) is 21.3 Å². The summed E-state index contributed by atoms with van der Waals surface area (Å²) in [4.78, 5) is 96.5. The van der Waals surface area contributed by atoms with Gasteiger partial charge >= 0.3 is 5.97 Å². The van der Waals surface area contributed by atoms with E-state index in [1.165, 1.54) is 4.90 Å². The number of benzene rings is 2. The second kappa shape index (κ2) is 21.1. The maximum atomic E-state index is 14.6. The number of amides is 5. The van der Waals surface area contributed by atoms with E-state index >= 15 is 0 Å². The number of ether oxygens (including phenoxy) is 3. The van der Waals surface area contributed by atoms with E-state index in [9.17, 15) is 33.6 Å². The van der Waals surface area contributed by atoms with Crippen LogP contribution in [0, 0.1) is 5.92 Å². The van der Waals surface area contributed by atoms with E-state index in [0.29, 0.717) is 37.4 Å². The highest BCUT2D eigenvalue weighted by Gasteiger charge is 2.45. The Morgan fingerprint density at radius 1 is 0.932 bits per heavy atom. The Balaban J connectivity index is 1.28. The Morgan fingerprint density at radius 2 is 1.68 bits per heavy atom. The average Bonchev–Trinajstić information content (AvgIpc) is 3.64. The number of fused-ring (bicyclic) bond motifs is 4. The van der Waals surface area contributed by atoms with E-state index in [1.54, 1.807) is 58.0 Å². The molecule has 2 aromatic rings. The van der Waals surface area contributed by atoms with Crippen molar-refractivity contribution in [2.75, 3.05) is 26.3 Å². The minimum absolute atomic E-state index is 0.0469. The molecule has 0 radical (unpaired) electrons. The fraction of sp³-hybridized carbons (Fsp3) is 0.568. The molecule has 1 aliphatic carbocycles. The van der Waals surface area contributed by atoms with Gasteiger partial charge in [0.15, 0.2) is 6.04 Å². The van der Waals surface area contributed by atoms with Gasteiger partial charge in [-0.05, 0) is 69.2 Å². The summed E-state index contributed by atoms with van der Waals surface area (Å²) in [5.41, 5.74) is 0.383. The Hall–Kier alpha value is -5.31. The zero-order valence-corrected chi connectivity index (χ0v) is 34.6. The summed E-state index contributed by atoms with van der Waals surface area (Å²) in [6.45, 7) is 7.05. The number of esters is 1. The zero-order chi connectivity index (χ0) is 42.5. The van der Waals surface area contributed by atoms with Gasteiger partial charge in [0, 0.05) is 19.4 Å². The molecule has 5 amide bonds. The van der Waals surface area contributed by atoms with Crippen molar-refractivity contribution in [1.82, 2.24) is 26.2 Å². The van der Waals surface area contributed by atoms with Crippen molar-refractivity contribution in [3.8, 4) is 5.75 Å². The first-order chi connectivity index (χ1) is 28.2. The minimum atomic E-state index is -1.26. The number of nitrogens with zero attached hydrogens (tertiary/aromatic N) is 1. The van der Waals surface area contributed by atoms with Gasteiger partial charge in [0.1, 0.15) is 23.4 Å². The standard InChI is InChI=1S/C44H59N5O10/c1-5-14-33(39(52)41(54)45-26-36(51)48-38(30-18-10-7-11-19-30)43(56)59-44(2,3)4)46-40(53)34-25-32-27-49(34)42(55)37(29-16-8-6-9-17-29)47-35(50)24-28-15-12-20-31(23-28)57-21-13-22-58-32/h7,10-12,15,18-20,23,29,32-34,37-38H,5-6,8-9,13-14,16-17,21-22,24-27H2,1-4H3,(H,45,54)(H,46,53)(H,47,50)(H,48,51)/t32-,33?,34+,37+,38+/m1/s1. The third kappa shape index (κ3) is 13.1. The monoisotopic (exact) mass is 817 g/mol. The number of carbonyl (C=O) groups is 7. The van der Waals surface area contributed by atoms with Crippen LogP contribution in [0.25, 0.3) is 0 Å². The quantitative estimate of drug-likeness (QED) is 0.182. The predicted molar refractivity (Wildman–Crippen MR) is 217 cm³/mol. The zero-order valence-electron chi connectivity index (χ0n) is 34.6. The van der Waals surface area contributed by atoms with Gasteiger partial charge in [0.25, 0.3) is 5.91 Å². The molecule has 15 nitrogen and oxygen atoms in total. The molecular weight excluding hydrogens is 759 g/mol. The molecular formula is C44H59N5O10. The molecule has 2 heterocycles. The molecule has 5 rings (SSSR count). The van der Waals surface area contributed by atoms with Crippen LogP contribution >= 0.6 is 0 Å². The first kappa shape index (κ1) is 44.8. The van der Waals surface area contributed by atoms with Crippen LogP contribution < -0.4 is 26.0 Å². The van der Waals surface area contributed by atoms with Crippen LogP contribution in [0.4, 0.5) is 0 Å². The summed E-state index contributed by atoms with van der Waals surface area (Å²) < 4.78 is 17.6. The fourth-order valence-electron chi connectivity index (χ4n) is 7.82. The SMILES string of the molecule is CCCC(NC(=O)[C@@H]1C[C@@H]2CN1C(=O)[C@H](C1CCCCC1)NC(=O)Cc1cccc(c1)OCCCO2)C(=O)C(=O)NCC(=O)N[C@H](C(=O)OC(C)(C)C)c1ccccc1. The summed E-state index contributed by atoms with van der Waals surface area (Å²) in [5.74, 6) is -4.33. The summed E-state index contributed by atoms with van der Waals surface area (Å²) in [6.07, 6.45) is 5.14. The van der Waals surface area contributed by atoms with Gasteiger partial charge in [-0.2, -0.15) is 0 Å². The van der Waals surface area contributed by atoms with Gasteiger partial charge in [-0.25, -0.2) is 4.79 Å². The summed E-state index contributed by atoms with van der Waals surface area (Å²) in [5, 5.41) is 10.6. The van der Waals surface area contributed by atoms with Crippen LogP contribution in [0.2, 0.25) is 0 Å². The molecule has 4 bridgehead atoms. The van der Waals surface area contributed by atoms with Crippen LogP contribution in [-0.2, 0) is 49.5 Å². The summed E-state index contributed by atoms with van der Waals surface area (Å²) in [6, 6.07) is 11.4. The Morgan fingerprint density at radius 3 is 2.39 bits per heavy atom. The molecule has 2 aliphatic heterocycles. The Bertz CT molecular complexity index is 1810. The molecule has 59 heavy (non-hydrogen) atoms. The molecule has 2 aromatic carbocycles. The number of carbonyl (C=O) groups excluding carboxylic acids is 7. The third-order valence-electron chi connectivity index (χ3n) is 10.7. The van der Waals surface area contributed by atoms with E-state index in [-0.39, 0.29) is 43.5 Å². The lowest BCUT2D eigenvalue weighted by molar-refractivity contribution is -0.158. The molecule has 1 saturated heterocycles. The highest BCUT2D eigenvalue weighted by Crippen LogP contribution is 2.31. The number of hydrogen-bond acceptors (Lipinski definition) is 10. The number of rotatable bonds is 12. The molecule has 4 N–H and O–H groups in total. The lowest BCUT2D eigenvalue weighted by Gasteiger charge is -2.35. The van der Waals surface area contributed by atoms with Crippen LogP contribution in [0.1, 0.15) is 103 Å². The number of Topliss-reactive ketones (excluding diaryl/α,β-unsaturated/α-hetero) is 1. The summed E-state index contributed by atoms with van der Waals surface area (Å²) >= 11 is 0. The van der Waals surface area contributed by atoms with Gasteiger partial charge in [-0.15, -0.1) is 0 Å². The first-order valence-electron chi connectivity index (χ1n) is 20.8. The van der Waals surface area contributed by atoms with Gasteiger partial charge in [0.2, 0.25) is 29.4 Å². The van der Waals surface area contributed by atoms with Crippen molar-refractivity contribution in [3.63, 3.8) is 0 Å². The van der Waals surface area contributed by atoms with Crippen LogP contribution in [0.5, 0.6) is 5.75 Å². The Labute approximate surface area is 346 Å². The number of nitrogens with one attached hydrogen (secondary N) is 4. The van der Waals surface area contributed by atoms with E-state index in [0.717, 1.165) is 37.7 Å². The molecule has 3 aliphatic rings. The van der Waals surface area contributed by atoms with E-state index in [4.69, 9.17) is 14.2 Å². The van der Waals surface area contributed by atoms with Crippen molar-refractivity contribution in [1.29, 1.82) is 0 Å². The lowest BCUT2D eigenvalue weighted by atomic mass is 9.83. The smallest absolute Gasteiger partial charge is 0.333 e. The fourth-order valence-corrected chi connectivity index (χ4v) is 7.82. The molecule has 2 fully saturated rings. The van der Waals surface area contributed by atoms with Crippen molar-refractivity contribution >= 4 is 41.3 Å². The lowest BCUT2D eigenvalue weighted by Crippen LogP contribution is -2.58. The molecule has 0 aromatic heterocycles. The van der Waals surface area contributed by atoms with Crippen molar-refractivity contribution in [2.24, 2.45) is 5.92 Å². The van der Waals surface area contributed by atoms with Crippen LogP contribution in [-0.4, -0.2) is 102 Å². The van der Waals surface area contributed by atoms with E-state index < -0.39 is 71.9 Å². The van der Waals surface area contributed by atoms with Gasteiger partial charge in [0.05, 0.1) is 38.3 Å². The maximum absolute atomic E-state index is 14.6. The highest BCUT2D eigenvalue weighted by molar-refractivity contribution is 6.38. The highest BCUT2D eigenvalue weighted by atomic mass is 16.6. The second-order valence-corrected chi connectivity index (χ2v) is 16.5. The second-order valence-electron chi connectivity index (χ2n) is 16.5.